The number of oxazole rings is 1. The van der Waals surface area contributed by atoms with Gasteiger partial charge in [-0.25, -0.2) is 9.78 Å². The molecule has 0 aliphatic heterocycles. The van der Waals surface area contributed by atoms with Crippen LogP contribution in [0.15, 0.2) is 52.5 Å². The Morgan fingerprint density at radius 1 is 1.30 bits per heavy atom. The lowest BCUT2D eigenvalue weighted by Gasteiger charge is -2.13. The number of hydrogen-bond acceptors (Lipinski definition) is 6. The maximum Gasteiger partial charge on any atom is 0.338 e. The second kappa shape index (κ2) is 6.66. The van der Waals surface area contributed by atoms with Gasteiger partial charge in [0.25, 0.3) is 0 Å². The van der Waals surface area contributed by atoms with Gasteiger partial charge in [0.1, 0.15) is 18.6 Å². The number of thiophene rings is 1. The predicted molar refractivity (Wildman–Crippen MR) is 89.7 cm³/mol. The lowest BCUT2D eigenvalue weighted by Crippen LogP contribution is -2.11. The average molecular weight is 328 g/mol. The van der Waals surface area contributed by atoms with Crippen LogP contribution in [0.3, 0.4) is 0 Å². The molecule has 0 N–H and O–H groups in total. The van der Waals surface area contributed by atoms with E-state index in [-0.39, 0.29) is 12.6 Å². The number of carbonyl (C=O) groups excluding carboxylic acids is 1. The number of rotatable bonds is 5. The van der Waals surface area contributed by atoms with Gasteiger partial charge in [-0.2, -0.15) is 0 Å². The van der Waals surface area contributed by atoms with Crippen LogP contribution in [0.2, 0.25) is 0 Å². The van der Waals surface area contributed by atoms with Crippen LogP contribution in [0.1, 0.15) is 16.1 Å². The normalized spacial score (nSPS) is 10.5. The van der Waals surface area contributed by atoms with E-state index >= 15 is 0 Å². The number of benzene rings is 1. The molecule has 0 aliphatic rings. The molecule has 1 aromatic carbocycles. The van der Waals surface area contributed by atoms with Crippen LogP contribution in [-0.4, -0.2) is 25.0 Å². The largest absolute Gasteiger partial charge is 0.455 e. The Balaban J connectivity index is 1.64. The van der Waals surface area contributed by atoms with E-state index in [0.29, 0.717) is 17.1 Å². The summed E-state index contributed by atoms with van der Waals surface area (Å²) >= 11 is 1.55. The van der Waals surface area contributed by atoms with Crippen LogP contribution in [0.5, 0.6) is 0 Å². The van der Waals surface area contributed by atoms with Gasteiger partial charge >= 0.3 is 5.97 Å². The molecule has 5 nitrogen and oxygen atoms in total. The minimum absolute atomic E-state index is 0.0832. The number of aromatic nitrogens is 1. The Hall–Kier alpha value is -2.60. The van der Waals surface area contributed by atoms with Crippen LogP contribution in [0.4, 0.5) is 5.69 Å². The van der Waals surface area contributed by atoms with Crippen molar-refractivity contribution in [1.29, 1.82) is 0 Å². The molecule has 0 atom stereocenters. The SMILES string of the molecule is CN(C)c1cccc(C(=O)OCc2coc(-c3cccs3)n2)c1. The van der Waals surface area contributed by atoms with Crippen molar-refractivity contribution >= 4 is 23.0 Å². The highest BCUT2D eigenvalue weighted by molar-refractivity contribution is 7.13. The lowest BCUT2D eigenvalue weighted by atomic mass is 10.2. The van der Waals surface area contributed by atoms with E-state index < -0.39 is 0 Å². The summed E-state index contributed by atoms with van der Waals surface area (Å²) in [6.07, 6.45) is 1.51. The molecular weight excluding hydrogens is 312 g/mol. The van der Waals surface area contributed by atoms with Gasteiger partial charge in [0.2, 0.25) is 5.89 Å². The predicted octanol–water partition coefficient (Wildman–Crippen LogP) is 3.83. The molecule has 0 saturated carbocycles. The molecule has 2 aromatic heterocycles. The summed E-state index contributed by atoms with van der Waals surface area (Å²) in [5.74, 6) is 0.162. The molecule has 0 aliphatic carbocycles. The zero-order valence-corrected chi connectivity index (χ0v) is 13.7. The molecule has 0 spiro atoms. The van der Waals surface area contributed by atoms with Gasteiger partial charge in [-0.15, -0.1) is 11.3 Å². The van der Waals surface area contributed by atoms with E-state index in [1.165, 1.54) is 6.26 Å². The van der Waals surface area contributed by atoms with Crippen molar-refractivity contribution in [2.45, 2.75) is 6.61 Å². The molecule has 0 fully saturated rings. The Labute approximate surface area is 138 Å². The van der Waals surface area contributed by atoms with E-state index in [0.717, 1.165) is 10.6 Å². The van der Waals surface area contributed by atoms with Crippen LogP contribution >= 0.6 is 11.3 Å². The standard InChI is InChI=1S/C17H16N2O3S/c1-19(2)14-6-3-5-12(9-14)17(20)22-11-13-10-21-16(18-13)15-7-4-8-23-15/h3-10H,11H2,1-2H3. The van der Waals surface area contributed by atoms with Crippen molar-refractivity contribution in [1.82, 2.24) is 4.98 Å². The molecule has 3 aromatic rings. The minimum Gasteiger partial charge on any atom is -0.455 e. The Morgan fingerprint density at radius 3 is 2.91 bits per heavy atom. The highest BCUT2D eigenvalue weighted by Gasteiger charge is 2.12. The first-order valence-electron chi connectivity index (χ1n) is 7.06. The maximum atomic E-state index is 12.1. The topological polar surface area (TPSA) is 55.6 Å². The van der Waals surface area contributed by atoms with Gasteiger partial charge in [0, 0.05) is 19.8 Å². The number of esters is 1. The zero-order chi connectivity index (χ0) is 16.2. The van der Waals surface area contributed by atoms with Crippen LogP contribution in [-0.2, 0) is 11.3 Å². The summed E-state index contributed by atoms with van der Waals surface area (Å²) in [5, 5.41) is 1.96. The van der Waals surface area contributed by atoms with Gasteiger partial charge in [-0.05, 0) is 29.6 Å². The van der Waals surface area contributed by atoms with Crippen molar-refractivity contribution < 1.29 is 13.9 Å². The van der Waals surface area contributed by atoms with Crippen molar-refractivity contribution in [2.75, 3.05) is 19.0 Å². The van der Waals surface area contributed by atoms with Crippen LogP contribution < -0.4 is 4.90 Å². The van der Waals surface area contributed by atoms with Crippen LogP contribution in [0, 0.1) is 0 Å². The third-order valence-corrected chi connectivity index (χ3v) is 4.09. The molecule has 118 valence electrons. The molecule has 0 unspecified atom stereocenters. The third kappa shape index (κ3) is 3.60. The highest BCUT2D eigenvalue weighted by Crippen LogP contribution is 2.24. The van der Waals surface area contributed by atoms with Gasteiger partial charge < -0.3 is 14.1 Å². The summed E-state index contributed by atoms with van der Waals surface area (Å²) < 4.78 is 10.7. The van der Waals surface area contributed by atoms with Gasteiger partial charge in [-0.3, -0.25) is 0 Å². The summed E-state index contributed by atoms with van der Waals surface area (Å²) in [6, 6.07) is 11.1. The van der Waals surface area contributed by atoms with Gasteiger partial charge in [-0.1, -0.05) is 12.1 Å². The molecule has 6 heteroatoms. The molecule has 0 radical (unpaired) electrons. The van der Waals surface area contributed by atoms with Crippen molar-refractivity contribution in [3.05, 3.63) is 59.3 Å². The second-order valence-corrected chi connectivity index (χ2v) is 6.09. The second-order valence-electron chi connectivity index (χ2n) is 5.14. The molecule has 0 amide bonds. The van der Waals surface area contributed by atoms with E-state index in [4.69, 9.17) is 9.15 Å². The summed E-state index contributed by atoms with van der Waals surface area (Å²) in [5.41, 5.74) is 2.05. The zero-order valence-electron chi connectivity index (χ0n) is 12.9. The summed E-state index contributed by atoms with van der Waals surface area (Å²) in [4.78, 5) is 19.3. The maximum absolute atomic E-state index is 12.1. The molecular formula is C17H16N2O3S. The Morgan fingerprint density at radius 2 is 2.17 bits per heavy atom. The molecule has 2 heterocycles. The quantitative estimate of drug-likeness (QED) is 0.666. The van der Waals surface area contributed by atoms with Gasteiger partial charge in [0.05, 0.1) is 10.4 Å². The fourth-order valence-corrected chi connectivity index (χ4v) is 2.68. The number of anilines is 1. The number of ether oxygens (including phenoxy) is 1. The van der Waals surface area contributed by atoms with E-state index in [1.54, 1.807) is 23.5 Å². The number of carbonyl (C=O) groups is 1. The van der Waals surface area contributed by atoms with E-state index in [2.05, 4.69) is 4.98 Å². The van der Waals surface area contributed by atoms with Crippen molar-refractivity contribution in [3.63, 3.8) is 0 Å². The Kier molecular flexibility index (Phi) is 4.43. The highest BCUT2D eigenvalue weighted by atomic mass is 32.1. The van der Waals surface area contributed by atoms with Crippen LogP contribution in [0.25, 0.3) is 10.8 Å². The fourth-order valence-electron chi connectivity index (χ4n) is 2.02. The molecule has 3 rings (SSSR count). The smallest absolute Gasteiger partial charge is 0.338 e. The minimum atomic E-state index is -0.380. The summed E-state index contributed by atoms with van der Waals surface area (Å²) in [6.45, 7) is 0.0832. The number of nitrogens with zero attached hydrogens (tertiary/aromatic N) is 2. The lowest BCUT2D eigenvalue weighted by molar-refractivity contribution is 0.0468. The van der Waals surface area contributed by atoms with Gasteiger partial charge in [0.15, 0.2) is 0 Å². The van der Waals surface area contributed by atoms with Crippen molar-refractivity contribution in [2.24, 2.45) is 0 Å². The number of hydrogen-bond donors (Lipinski definition) is 0. The first kappa shape index (κ1) is 15.3. The first-order valence-corrected chi connectivity index (χ1v) is 7.94. The monoisotopic (exact) mass is 328 g/mol. The van der Waals surface area contributed by atoms with Crippen molar-refractivity contribution in [3.8, 4) is 10.8 Å². The fraction of sp³-hybridized carbons (Fsp3) is 0.176. The summed E-state index contributed by atoms with van der Waals surface area (Å²) in [7, 11) is 3.85. The Bertz CT molecular complexity index is 794. The first-order chi connectivity index (χ1) is 11.1. The van der Waals surface area contributed by atoms with E-state index in [9.17, 15) is 4.79 Å². The van der Waals surface area contributed by atoms with E-state index in [1.807, 2.05) is 48.6 Å². The average Bonchev–Trinajstić information content (AvgIpc) is 3.23. The molecule has 23 heavy (non-hydrogen) atoms. The molecule has 0 bridgehead atoms. The third-order valence-electron chi connectivity index (χ3n) is 3.23. The molecule has 0 saturated heterocycles.